The number of nitrogens with zero attached hydrogens (tertiary/aromatic N) is 2. The van der Waals surface area contributed by atoms with Crippen LogP contribution in [0.3, 0.4) is 0 Å². The second-order valence-electron chi connectivity index (χ2n) is 5.87. The number of likely N-dealkylation sites (tertiary alicyclic amines) is 1. The minimum atomic E-state index is 0.00421. The number of hydrogen-bond acceptors (Lipinski definition) is 5. The molecule has 118 valence electrons. The van der Waals surface area contributed by atoms with Crippen LogP contribution in [0.25, 0.3) is 0 Å². The van der Waals surface area contributed by atoms with Gasteiger partial charge in [-0.1, -0.05) is 6.92 Å². The Hall–Kier alpha value is -0.980. The lowest BCUT2D eigenvalue weighted by atomic mass is 9.77. The zero-order chi connectivity index (χ0) is 15.3. The Morgan fingerprint density at radius 2 is 2.24 bits per heavy atom. The summed E-state index contributed by atoms with van der Waals surface area (Å²) in [5, 5.41) is 15.1. The zero-order valence-corrected chi connectivity index (χ0v) is 13.7. The van der Waals surface area contributed by atoms with Gasteiger partial charge in [0.1, 0.15) is 5.01 Å². The fraction of sp³-hybridized carbons (Fsp3) is 0.733. The normalized spacial score (nSPS) is 18.6. The minimum Gasteiger partial charge on any atom is -0.396 e. The van der Waals surface area contributed by atoms with Crippen molar-refractivity contribution >= 4 is 17.2 Å². The van der Waals surface area contributed by atoms with Crippen molar-refractivity contribution in [3.05, 3.63) is 16.1 Å². The molecule has 2 N–H and O–H groups in total. The smallest absolute Gasteiger partial charge is 0.226 e. The third kappa shape index (κ3) is 4.25. The van der Waals surface area contributed by atoms with E-state index in [1.54, 1.807) is 18.4 Å². The zero-order valence-electron chi connectivity index (χ0n) is 12.9. The number of aliphatic hydroxyl groups excluding tert-OH is 1. The predicted molar refractivity (Wildman–Crippen MR) is 84.2 cm³/mol. The Balaban J connectivity index is 1.85. The molecule has 1 aliphatic heterocycles. The monoisotopic (exact) mass is 311 g/mol. The lowest BCUT2D eigenvalue weighted by Gasteiger charge is -2.40. The van der Waals surface area contributed by atoms with Gasteiger partial charge in [-0.3, -0.25) is 9.69 Å². The predicted octanol–water partition coefficient (Wildman–Crippen LogP) is 1.42. The maximum Gasteiger partial charge on any atom is 0.226 e. The van der Waals surface area contributed by atoms with Crippen LogP contribution in [0.1, 0.15) is 36.9 Å². The fourth-order valence-corrected chi connectivity index (χ4v) is 3.55. The molecule has 1 aliphatic rings. The summed E-state index contributed by atoms with van der Waals surface area (Å²) >= 11 is 1.55. The Bertz CT molecular complexity index is 461. The van der Waals surface area contributed by atoms with E-state index in [1.165, 1.54) is 0 Å². The van der Waals surface area contributed by atoms with Crippen LogP contribution in [0.15, 0.2) is 5.38 Å². The first-order valence-electron chi connectivity index (χ1n) is 7.58. The van der Waals surface area contributed by atoms with Gasteiger partial charge in [0.2, 0.25) is 5.91 Å². The highest BCUT2D eigenvalue weighted by molar-refractivity contribution is 7.09. The van der Waals surface area contributed by atoms with E-state index in [0.29, 0.717) is 13.0 Å². The maximum atomic E-state index is 11.3. The lowest BCUT2D eigenvalue weighted by molar-refractivity contribution is -0.119. The molecule has 0 aliphatic carbocycles. The van der Waals surface area contributed by atoms with Crippen LogP contribution in [0, 0.1) is 5.41 Å². The average Bonchev–Trinajstić information content (AvgIpc) is 2.95. The molecule has 1 saturated heterocycles. The molecule has 0 radical (unpaired) electrons. The number of aromatic nitrogens is 1. The van der Waals surface area contributed by atoms with Crippen molar-refractivity contribution in [3.8, 4) is 0 Å². The van der Waals surface area contributed by atoms with Crippen molar-refractivity contribution in [2.24, 2.45) is 5.41 Å². The Kier molecular flexibility index (Phi) is 5.72. The third-order valence-corrected chi connectivity index (χ3v) is 5.48. The molecule has 2 heterocycles. The molecule has 1 aromatic heterocycles. The Labute approximate surface area is 130 Å². The molecule has 0 unspecified atom stereocenters. The standard InChI is InChI=1S/C15H25N3O2S/c1-3-15(11-19)4-6-18(7-5-15)9-12-10-21-14(17-12)8-13(20)16-2/h10,19H,3-9,11H2,1-2H3,(H,16,20). The molecule has 1 amide bonds. The number of nitrogens with one attached hydrogen (secondary N) is 1. The van der Waals surface area contributed by atoms with Crippen LogP contribution in [-0.4, -0.2) is 47.6 Å². The van der Waals surface area contributed by atoms with Gasteiger partial charge in [-0.2, -0.15) is 0 Å². The van der Waals surface area contributed by atoms with Crippen molar-refractivity contribution in [2.45, 2.75) is 39.2 Å². The van der Waals surface area contributed by atoms with Crippen molar-refractivity contribution < 1.29 is 9.90 Å². The van der Waals surface area contributed by atoms with Gasteiger partial charge in [0.05, 0.1) is 12.1 Å². The molecule has 0 atom stereocenters. The van der Waals surface area contributed by atoms with Crippen molar-refractivity contribution in [1.29, 1.82) is 0 Å². The van der Waals surface area contributed by atoms with Gasteiger partial charge in [0.15, 0.2) is 0 Å². The van der Waals surface area contributed by atoms with Crippen LogP contribution in [0.5, 0.6) is 0 Å². The van der Waals surface area contributed by atoms with E-state index in [1.807, 2.05) is 5.38 Å². The largest absolute Gasteiger partial charge is 0.396 e. The molecule has 0 spiro atoms. The summed E-state index contributed by atoms with van der Waals surface area (Å²) in [5.74, 6) is 0.00421. The van der Waals surface area contributed by atoms with E-state index in [2.05, 4.69) is 22.1 Å². The van der Waals surface area contributed by atoms with Gasteiger partial charge < -0.3 is 10.4 Å². The van der Waals surface area contributed by atoms with E-state index in [4.69, 9.17) is 0 Å². The fourth-order valence-electron chi connectivity index (χ4n) is 2.77. The minimum absolute atomic E-state index is 0.00421. The van der Waals surface area contributed by atoms with Crippen LogP contribution >= 0.6 is 11.3 Å². The quantitative estimate of drug-likeness (QED) is 0.834. The number of piperidine rings is 1. The van der Waals surface area contributed by atoms with Crippen LogP contribution in [0.4, 0.5) is 0 Å². The van der Waals surface area contributed by atoms with E-state index in [-0.39, 0.29) is 11.3 Å². The van der Waals surface area contributed by atoms with Crippen molar-refractivity contribution in [2.75, 3.05) is 26.7 Å². The number of rotatable bonds is 6. The number of hydrogen-bond donors (Lipinski definition) is 2. The van der Waals surface area contributed by atoms with Gasteiger partial charge >= 0.3 is 0 Å². The highest BCUT2D eigenvalue weighted by atomic mass is 32.1. The van der Waals surface area contributed by atoms with Gasteiger partial charge in [-0.05, 0) is 37.8 Å². The molecule has 0 saturated carbocycles. The topological polar surface area (TPSA) is 65.5 Å². The van der Waals surface area contributed by atoms with Crippen LogP contribution in [-0.2, 0) is 17.8 Å². The SMILES string of the molecule is CCC1(CO)CCN(Cc2csc(CC(=O)NC)n2)CC1. The third-order valence-electron chi connectivity index (χ3n) is 4.58. The number of thiazole rings is 1. The molecule has 5 nitrogen and oxygen atoms in total. The van der Waals surface area contributed by atoms with Gasteiger partial charge in [-0.15, -0.1) is 11.3 Å². The van der Waals surface area contributed by atoms with Gasteiger partial charge in [0.25, 0.3) is 0 Å². The summed E-state index contributed by atoms with van der Waals surface area (Å²) < 4.78 is 0. The molecule has 1 aromatic rings. The molecular formula is C15H25N3O2S. The second-order valence-corrected chi connectivity index (χ2v) is 6.81. The number of likely N-dealkylation sites (N-methyl/N-ethyl adjacent to an activating group) is 1. The summed E-state index contributed by atoms with van der Waals surface area (Å²) in [6, 6.07) is 0. The van der Waals surface area contributed by atoms with E-state index >= 15 is 0 Å². The molecule has 0 aromatic carbocycles. The van der Waals surface area contributed by atoms with E-state index < -0.39 is 0 Å². The molecular weight excluding hydrogens is 286 g/mol. The molecule has 1 fully saturated rings. The summed E-state index contributed by atoms with van der Waals surface area (Å²) in [4.78, 5) is 18.3. The van der Waals surface area contributed by atoms with Crippen LogP contribution < -0.4 is 5.32 Å². The molecule has 6 heteroatoms. The number of carbonyl (C=O) groups excluding carboxylic acids is 1. The average molecular weight is 311 g/mol. The summed E-state index contributed by atoms with van der Waals surface area (Å²) in [5.41, 5.74) is 1.18. The number of aliphatic hydroxyl groups is 1. The first-order valence-corrected chi connectivity index (χ1v) is 8.46. The molecule has 21 heavy (non-hydrogen) atoms. The maximum absolute atomic E-state index is 11.3. The highest BCUT2D eigenvalue weighted by Gasteiger charge is 2.32. The van der Waals surface area contributed by atoms with E-state index in [9.17, 15) is 9.90 Å². The summed E-state index contributed by atoms with van der Waals surface area (Å²) in [6.07, 6.45) is 3.51. The van der Waals surface area contributed by atoms with Crippen molar-refractivity contribution in [3.63, 3.8) is 0 Å². The Morgan fingerprint density at radius 3 is 2.81 bits per heavy atom. The lowest BCUT2D eigenvalue weighted by Crippen LogP contribution is -2.41. The summed E-state index contributed by atoms with van der Waals surface area (Å²) in [7, 11) is 1.64. The second kappa shape index (κ2) is 7.33. The van der Waals surface area contributed by atoms with Crippen molar-refractivity contribution in [1.82, 2.24) is 15.2 Å². The number of carbonyl (C=O) groups is 1. The molecule has 0 bridgehead atoms. The molecule has 2 rings (SSSR count). The van der Waals surface area contributed by atoms with Crippen LogP contribution in [0.2, 0.25) is 0 Å². The van der Waals surface area contributed by atoms with Gasteiger partial charge in [-0.25, -0.2) is 4.98 Å². The van der Waals surface area contributed by atoms with E-state index in [0.717, 1.165) is 49.6 Å². The number of amides is 1. The highest BCUT2D eigenvalue weighted by Crippen LogP contribution is 2.34. The Morgan fingerprint density at radius 1 is 1.52 bits per heavy atom. The van der Waals surface area contributed by atoms with Gasteiger partial charge in [0, 0.05) is 25.6 Å². The first-order chi connectivity index (χ1) is 10.1. The summed E-state index contributed by atoms with van der Waals surface area (Å²) in [6.45, 7) is 5.32. The first kappa shape index (κ1) is 16.4.